The summed E-state index contributed by atoms with van der Waals surface area (Å²) in [6.07, 6.45) is 1.76. The van der Waals surface area contributed by atoms with Crippen molar-refractivity contribution in [1.82, 2.24) is 14.7 Å². The SMILES string of the molecule is CCCCN(CC(=O)Nc1cc(C(C)(C)C)nn1-c1ccccc1C)C(=O)c1ccc(Br)cc1. The van der Waals surface area contributed by atoms with Crippen LogP contribution in [0.4, 0.5) is 5.82 Å². The molecule has 1 N–H and O–H groups in total. The number of amides is 2. The molecule has 0 aliphatic rings. The molecule has 0 aliphatic heterocycles. The van der Waals surface area contributed by atoms with Gasteiger partial charge in [0.2, 0.25) is 5.91 Å². The summed E-state index contributed by atoms with van der Waals surface area (Å²) in [5.41, 5.74) is 3.21. The summed E-state index contributed by atoms with van der Waals surface area (Å²) in [6, 6.07) is 17.0. The molecular formula is C27H33BrN4O2. The number of aryl methyl sites for hydroxylation is 1. The van der Waals surface area contributed by atoms with E-state index >= 15 is 0 Å². The minimum Gasteiger partial charge on any atom is -0.329 e. The van der Waals surface area contributed by atoms with E-state index in [0.717, 1.165) is 34.3 Å². The molecule has 3 aromatic rings. The van der Waals surface area contributed by atoms with Gasteiger partial charge in [-0.2, -0.15) is 5.10 Å². The number of nitrogens with zero attached hydrogens (tertiary/aromatic N) is 3. The van der Waals surface area contributed by atoms with Crippen molar-refractivity contribution in [3.63, 3.8) is 0 Å². The Morgan fingerprint density at radius 2 is 1.76 bits per heavy atom. The summed E-state index contributed by atoms with van der Waals surface area (Å²) >= 11 is 3.40. The molecule has 7 heteroatoms. The highest BCUT2D eigenvalue weighted by Gasteiger charge is 2.24. The van der Waals surface area contributed by atoms with E-state index in [1.807, 2.05) is 49.4 Å². The third-order valence-corrected chi connectivity index (χ3v) is 6.11. The van der Waals surface area contributed by atoms with Gasteiger partial charge >= 0.3 is 0 Å². The van der Waals surface area contributed by atoms with Crippen molar-refractivity contribution in [3.05, 3.63) is 75.9 Å². The Kier molecular flexibility index (Phi) is 8.31. The van der Waals surface area contributed by atoms with Gasteiger partial charge in [-0.15, -0.1) is 0 Å². The second-order valence-corrected chi connectivity index (χ2v) is 10.4. The van der Waals surface area contributed by atoms with E-state index in [1.54, 1.807) is 21.7 Å². The minimum absolute atomic E-state index is 0.0291. The number of carbonyl (C=O) groups excluding carboxylic acids is 2. The quantitative estimate of drug-likeness (QED) is 0.385. The van der Waals surface area contributed by atoms with Gasteiger partial charge in [0.15, 0.2) is 0 Å². The second kappa shape index (κ2) is 11.0. The van der Waals surface area contributed by atoms with Crippen LogP contribution in [0.3, 0.4) is 0 Å². The molecule has 0 aliphatic carbocycles. The van der Waals surface area contributed by atoms with Crippen LogP contribution in [0.25, 0.3) is 5.69 Å². The fourth-order valence-corrected chi connectivity index (χ4v) is 3.82. The summed E-state index contributed by atoms with van der Waals surface area (Å²) in [6.45, 7) is 10.8. The van der Waals surface area contributed by atoms with Gasteiger partial charge in [-0.25, -0.2) is 4.68 Å². The molecule has 0 bridgehead atoms. The third-order valence-electron chi connectivity index (χ3n) is 5.58. The molecule has 2 amide bonds. The summed E-state index contributed by atoms with van der Waals surface area (Å²) in [4.78, 5) is 27.9. The average Bonchev–Trinajstić information content (AvgIpc) is 3.21. The maximum atomic E-state index is 13.1. The van der Waals surface area contributed by atoms with Crippen LogP contribution in [0, 0.1) is 6.92 Å². The van der Waals surface area contributed by atoms with Crippen LogP contribution in [0.2, 0.25) is 0 Å². The van der Waals surface area contributed by atoms with Gasteiger partial charge in [0.1, 0.15) is 12.4 Å². The van der Waals surface area contributed by atoms with Gasteiger partial charge in [0.25, 0.3) is 5.91 Å². The van der Waals surface area contributed by atoms with E-state index < -0.39 is 0 Å². The van der Waals surface area contributed by atoms with E-state index in [2.05, 4.69) is 48.9 Å². The first-order chi connectivity index (χ1) is 16.1. The topological polar surface area (TPSA) is 67.2 Å². The number of benzene rings is 2. The summed E-state index contributed by atoms with van der Waals surface area (Å²) < 4.78 is 2.68. The molecule has 3 rings (SSSR count). The smallest absolute Gasteiger partial charge is 0.254 e. The molecule has 0 saturated carbocycles. The lowest BCUT2D eigenvalue weighted by Gasteiger charge is -2.22. The molecule has 2 aromatic carbocycles. The average molecular weight is 525 g/mol. The maximum Gasteiger partial charge on any atom is 0.254 e. The highest BCUT2D eigenvalue weighted by molar-refractivity contribution is 9.10. The Morgan fingerprint density at radius 1 is 1.09 bits per heavy atom. The number of carbonyl (C=O) groups is 2. The van der Waals surface area contributed by atoms with Crippen molar-refractivity contribution < 1.29 is 9.59 Å². The monoisotopic (exact) mass is 524 g/mol. The number of hydrogen-bond donors (Lipinski definition) is 1. The molecule has 0 unspecified atom stereocenters. The number of unbranched alkanes of at least 4 members (excludes halogenated alkanes) is 1. The highest BCUT2D eigenvalue weighted by Crippen LogP contribution is 2.27. The van der Waals surface area contributed by atoms with Crippen LogP contribution in [0.1, 0.15) is 62.2 Å². The first-order valence-corrected chi connectivity index (χ1v) is 12.4. The van der Waals surface area contributed by atoms with Gasteiger partial charge < -0.3 is 10.2 Å². The Morgan fingerprint density at radius 3 is 2.38 bits per heavy atom. The van der Waals surface area contributed by atoms with Crippen molar-refractivity contribution in [2.24, 2.45) is 0 Å². The summed E-state index contributed by atoms with van der Waals surface area (Å²) in [7, 11) is 0. The molecule has 180 valence electrons. The molecular weight excluding hydrogens is 492 g/mol. The normalized spacial score (nSPS) is 11.4. The number of nitrogens with one attached hydrogen (secondary N) is 1. The third kappa shape index (κ3) is 6.35. The summed E-state index contributed by atoms with van der Waals surface area (Å²) in [5.74, 6) is 0.186. The molecule has 1 heterocycles. The molecule has 0 atom stereocenters. The first-order valence-electron chi connectivity index (χ1n) is 11.6. The fourth-order valence-electron chi connectivity index (χ4n) is 3.55. The van der Waals surface area contributed by atoms with Crippen molar-refractivity contribution in [3.8, 4) is 5.69 Å². The number of anilines is 1. The van der Waals surface area contributed by atoms with Gasteiger partial charge in [-0.3, -0.25) is 9.59 Å². The molecule has 0 fully saturated rings. The number of halogens is 1. The van der Waals surface area contributed by atoms with Crippen molar-refractivity contribution in [2.45, 2.75) is 52.9 Å². The van der Waals surface area contributed by atoms with Crippen LogP contribution in [-0.4, -0.2) is 39.6 Å². The first kappa shape index (κ1) is 25.7. The molecule has 0 saturated heterocycles. The molecule has 0 radical (unpaired) electrons. The van der Waals surface area contributed by atoms with E-state index in [0.29, 0.717) is 17.9 Å². The second-order valence-electron chi connectivity index (χ2n) is 9.50. The van der Waals surface area contributed by atoms with Crippen LogP contribution < -0.4 is 5.32 Å². The van der Waals surface area contributed by atoms with Gasteiger partial charge in [-0.1, -0.05) is 68.2 Å². The Balaban J connectivity index is 1.86. The maximum absolute atomic E-state index is 13.1. The lowest BCUT2D eigenvalue weighted by atomic mass is 9.92. The lowest BCUT2D eigenvalue weighted by molar-refractivity contribution is -0.117. The van der Waals surface area contributed by atoms with E-state index in [-0.39, 0.29) is 23.8 Å². The number of para-hydroxylation sites is 1. The minimum atomic E-state index is -0.253. The molecule has 34 heavy (non-hydrogen) atoms. The van der Waals surface area contributed by atoms with Crippen molar-refractivity contribution >= 4 is 33.6 Å². The lowest BCUT2D eigenvalue weighted by Crippen LogP contribution is -2.39. The Bertz CT molecular complexity index is 1150. The van der Waals surface area contributed by atoms with E-state index in [9.17, 15) is 9.59 Å². The molecule has 0 spiro atoms. The Labute approximate surface area is 210 Å². The van der Waals surface area contributed by atoms with Gasteiger partial charge in [0, 0.05) is 28.1 Å². The zero-order valence-electron chi connectivity index (χ0n) is 20.6. The fraction of sp³-hybridized carbons (Fsp3) is 0.370. The molecule has 6 nitrogen and oxygen atoms in total. The zero-order valence-corrected chi connectivity index (χ0v) is 22.1. The van der Waals surface area contributed by atoms with Crippen LogP contribution >= 0.6 is 15.9 Å². The predicted molar refractivity (Wildman–Crippen MR) is 141 cm³/mol. The Hall–Kier alpha value is -2.93. The highest BCUT2D eigenvalue weighted by atomic mass is 79.9. The number of aromatic nitrogens is 2. The number of hydrogen-bond acceptors (Lipinski definition) is 3. The predicted octanol–water partition coefficient (Wildman–Crippen LogP) is 6.12. The van der Waals surface area contributed by atoms with Gasteiger partial charge in [0.05, 0.1) is 11.4 Å². The van der Waals surface area contributed by atoms with Crippen LogP contribution in [0.15, 0.2) is 59.1 Å². The number of rotatable bonds is 8. The molecule has 1 aromatic heterocycles. The standard InChI is InChI=1S/C27H33BrN4O2/c1-6-7-16-31(26(34)20-12-14-21(28)15-13-20)18-25(33)29-24-17-23(27(3,4)5)30-32(24)22-11-9-8-10-19(22)2/h8-15,17H,6-7,16,18H2,1-5H3,(H,29,33). The van der Waals surface area contributed by atoms with Crippen molar-refractivity contribution in [1.29, 1.82) is 0 Å². The van der Waals surface area contributed by atoms with E-state index in [4.69, 9.17) is 5.10 Å². The van der Waals surface area contributed by atoms with Crippen molar-refractivity contribution in [2.75, 3.05) is 18.4 Å². The van der Waals surface area contributed by atoms with Gasteiger partial charge in [-0.05, 0) is 49.2 Å². The zero-order chi connectivity index (χ0) is 24.9. The van der Waals surface area contributed by atoms with Crippen LogP contribution in [-0.2, 0) is 10.2 Å². The largest absolute Gasteiger partial charge is 0.329 e. The summed E-state index contributed by atoms with van der Waals surface area (Å²) in [5, 5.41) is 7.81. The van der Waals surface area contributed by atoms with Crippen LogP contribution in [0.5, 0.6) is 0 Å². The van der Waals surface area contributed by atoms with E-state index in [1.165, 1.54) is 0 Å².